The highest BCUT2D eigenvalue weighted by Crippen LogP contribution is 2.13. The summed E-state index contributed by atoms with van der Waals surface area (Å²) in [5.41, 5.74) is 0. The van der Waals surface area contributed by atoms with Crippen molar-refractivity contribution in [3.63, 3.8) is 0 Å². The third-order valence-electron chi connectivity index (χ3n) is 1.86. The fourth-order valence-corrected chi connectivity index (χ4v) is 1.74. The Kier molecular flexibility index (Phi) is 5.39. The van der Waals surface area contributed by atoms with Crippen LogP contribution in [0.5, 0.6) is 0 Å². The van der Waals surface area contributed by atoms with Crippen molar-refractivity contribution in [2.75, 3.05) is 6.54 Å². The van der Waals surface area contributed by atoms with Crippen LogP contribution in [-0.4, -0.2) is 17.3 Å². The molecule has 0 radical (unpaired) electrons. The van der Waals surface area contributed by atoms with Gasteiger partial charge in [0.25, 0.3) is 5.91 Å². The summed E-state index contributed by atoms with van der Waals surface area (Å²) in [5, 5.41) is 2.79. The molecule has 0 spiro atoms. The largest absolute Gasteiger partial charge is 0.444 e. The van der Waals surface area contributed by atoms with Gasteiger partial charge in [-0.2, -0.15) is 0 Å². The maximum absolute atomic E-state index is 11.5. The van der Waals surface area contributed by atoms with E-state index < -0.39 is 0 Å². The van der Waals surface area contributed by atoms with Crippen LogP contribution < -0.4 is 5.32 Å². The quantitative estimate of drug-likeness (QED) is 0.661. The Bertz CT molecular complexity index is 323. The second-order valence-corrected chi connectivity index (χ2v) is 5.63. The fourth-order valence-electron chi connectivity index (χ4n) is 1.11. The Morgan fingerprint density at radius 2 is 2.33 bits per heavy atom. The number of alkyl halides is 1. The van der Waals surface area contributed by atoms with E-state index in [1.165, 1.54) is 0 Å². The second kappa shape index (κ2) is 6.33. The molecule has 0 aliphatic heterocycles. The highest BCUT2D eigenvalue weighted by molar-refractivity contribution is 9.10. The average molecular weight is 339 g/mol. The zero-order valence-corrected chi connectivity index (χ0v) is 11.6. The van der Waals surface area contributed by atoms with Crippen LogP contribution in [0, 0.1) is 0 Å². The van der Waals surface area contributed by atoms with Gasteiger partial charge in [0, 0.05) is 11.4 Å². The van der Waals surface area contributed by atoms with E-state index in [0.717, 1.165) is 12.8 Å². The molecule has 0 aliphatic rings. The smallest absolute Gasteiger partial charge is 0.287 e. The summed E-state index contributed by atoms with van der Waals surface area (Å²) in [6.45, 7) is 2.76. The van der Waals surface area contributed by atoms with E-state index in [1.54, 1.807) is 12.1 Å². The number of amides is 1. The third kappa shape index (κ3) is 4.84. The monoisotopic (exact) mass is 337 g/mol. The Morgan fingerprint density at radius 1 is 1.60 bits per heavy atom. The SMILES string of the molecule is CC(Br)CCCNC(=O)c1ccc(Br)o1. The highest BCUT2D eigenvalue weighted by atomic mass is 79.9. The molecule has 1 rings (SSSR count). The van der Waals surface area contributed by atoms with Crippen LogP contribution in [-0.2, 0) is 0 Å². The van der Waals surface area contributed by atoms with Crippen LogP contribution >= 0.6 is 31.9 Å². The molecule has 0 saturated carbocycles. The van der Waals surface area contributed by atoms with Crippen molar-refractivity contribution in [3.05, 3.63) is 22.6 Å². The molecule has 1 aromatic rings. The van der Waals surface area contributed by atoms with Crippen LogP contribution in [0.15, 0.2) is 21.2 Å². The predicted molar refractivity (Wildman–Crippen MR) is 66.4 cm³/mol. The molecule has 1 aromatic heterocycles. The lowest BCUT2D eigenvalue weighted by molar-refractivity contribution is 0.0924. The first-order valence-corrected chi connectivity index (χ1v) is 6.48. The van der Waals surface area contributed by atoms with E-state index in [9.17, 15) is 4.79 Å². The molecule has 1 atom stereocenters. The molecule has 5 heteroatoms. The maximum Gasteiger partial charge on any atom is 0.287 e. The molecule has 0 aliphatic carbocycles. The van der Waals surface area contributed by atoms with Crippen molar-refractivity contribution < 1.29 is 9.21 Å². The zero-order chi connectivity index (χ0) is 11.3. The first-order valence-electron chi connectivity index (χ1n) is 4.77. The van der Waals surface area contributed by atoms with Gasteiger partial charge >= 0.3 is 0 Å². The van der Waals surface area contributed by atoms with Crippen LogP contribution in [0.3, 0.4) is 0 Å². The molecule has 3 nitrogen and oxygen atoms in total. The lowest BCUT2D eigenvalue weighted by atomic mass is 10.2. The normalized spacial score (nSPS) is 12.5. The summed E-state index contributed by atoms with van der Waals surface area (Å²) in [7, 11) is 0. The Hall–Kier alpha value is -0.290. The van der Waals surface area contributed by atoms with Crippen LogP contribution in [0.25, 0.3) is 0 Å². The molecule has 1 unspecified atom stereocenters. The van der Waals surface area contributed by atoms with Crippen LogP contribution in [0.2, 0.25) is 0 Å². The summed E-state index contributed by atoms with van der Waals surface area (Å²) in [6.07, 6.45) is 2.00. The van der Waals surface area contributed by atoms with Crippen molar-refractivity contribution in [3.8, 4) is 0 Å². The highest BCUT2D eigenvalue weighted by Gasteiger charge is 2.09. The van der Waals surface area contributed by atoms with Gasteiger partial charge in [-0.15, -0.1) is 0 Å². The van der Waals surface area contributed by atoms with Crippen molar-refractivity contribution in [2.45, 2.75) is 24.6 Å². The van der Waals surface area contributed by atoms with Gasteiger partial charge in [-0.3, -0.25) is 4.79 Å². The van der Waals surface area contributed by atoms with Crippen molar-refractivity contribution in [1.29, 1.82) is 0 Å². The first kappa shape index (κ1) is 12.8. The van der Waals surface area contributed by atoms with Crippen molar-refractivity contribution >= 4 is 37.8 Å². The number of hydrogen-bond donors (Lipinski definition) is 1. The third-order valence-corrected chi connectivity index (χ3v) is 2.75. The van der Waals surface area contributed by atoms with E-state index in [4.69, 9.17) is 4.42 Å². The Morgan fingerprint density at radius 3 is 2.87 bits per heavy atom. The first-order chi connectivity index (χ1) is 7.09. The minimum atomic E-state index is -0.164. The molecule has 0 saturated heterocycles. The molecular formula is C10H13Br2NO2. The number of furan rings is 1. The van der Waals surface area contributed by atoms with Gasteiger partial charge < -0.3 is 9.73 Å². The van der Waals surface area contributed by atoms with Gasteiger partial charge in [0.2, 0.25) is 0 Å². The van der Waals surface area contributed by atoms with Gasteiger partial charge in [-0.1, -0.05) is 22.9 Å². The van der Waals surface area contributed by atoms with Crippen molar-refractivity contribution in [2.24, 2.45) is 0 Å². The fraction of sp³-hybridized carbons (Fsp3) is 0.500. The molecule has 84 valence electrons. The summed E-state index contributed by atoms with van der Waals surface area (Å²) in [6, 6.07) is 3.35. The number of carbonyl (C=O) groups excluding carboxylic acids is 1. The van der Waals surface area contributed by atoms with Crippen LogP contribution in [0.1, 0.15) is 30.3 Å². The minimum Gasteiger partial charge on any atom is -0.444 e. The van der Waals surface area contributed by atoms with Crippen molar-refractivity contribution in [1.82, 2.24) is 5.32 Å². The predicted octanol–water partition coefficient (Wildman–Crippen LogP) is 3.34. The van der Waals surface area contributed by atoms with E-state index >= 15 is 0 Å². The average Bonchev–Trinajstić information content (AvgIpc) is 2.59. The van der Waals surface area contributed by atoms with Gasteiger partial charge in [-0.05, 0) is 40.9 Å². The molecule has 0 fully saturated rings. The van der Waals surface area contributed by atoms with E-state index in [1.807, 2.05) is 0 Å². The molecule has 0 aromatic carbocycles. The summed E-state index contributed by atoms with van der Waals surface area (Å²) in [4.78, 5) is 12.0. The summed E-state index contributed by atoms with van der Waals surface area (Å²) >= 11 is 6.60. The molecule has 1 heterocycles. The number of carbonyl (C=O) groups is 1. The van der Waals surface area contributed by atoms with Gasteiger partial charge in [0.1, 0.15) is 0 Å². The van der Waals surface area contributed by atoms with E-state index in [2.05, 4.69) is 44.1 Å². The number of rotatable bonds is 5. The minimum absolute atomic E-state index is 0.164. The Balaban J connectivity index is 2.25. The molecule has 1 N–H and O–H groups in total. The van der Waals surface area contributed by atoms with Gasteiger partial charge in [-0.25, -0.2) is 0 Å². The maximum atomic E-state index is 11.5. The zero-order valence-electron chi connectivity index (χ0n) is 8.43. The standard InChI is InChI=1S/C10H13Br2NO2/c1-7(11)3-2-6-13-10(14)8-4-5-9(12)15-8/h4-5,7H,2-3,6H2,1H3,(H,13,14). The topological polar surface area (TPSA) is 42.2 Å². The molecule has 0 bridgehead atoms. The van der Waals surface area contributed by atoms with Crippen LogP contribution in [0.4, 0.5) is 0 Å². The second-order valence-electron chi connectivity index (χ2n) is 3.28. The number of nitrogens with one attached hydrogen (secondary N) is 1. The molecule has 1 amide bonds. The summed E-state index contributed by atoms with van der Waals surface area (Å²) in [5.74, 6) is 0.177. The lowest BCUT2D eigenvalue weighted by Crippen LogP contribution is -2.24. The van der Waals surface area contributed by atoms with Gasteiger partial charge in [0.15, 0.2) is 10.4 Å². The van der Waals surface area contributed by atoms with Gasteiger partial charge in [0.05, 0.1) is 0 Å². The Labute approximate surface area is 106 Å². The number of halogens is 2. The summed E-state index contributed by atoms with van der Waals surface area (Å²) < 4.78 is 5.69. The van der Waals surface area contributed by atoms with E-state index in [0.29, 0.717) is 21.8 Å². The molecule has 15 heavy (non-hydrogen) atoms. The molecular weight excluding hydrogens is 326 g/mol. The number of hydrogen-bond acceptors (Lipinski definition) is 2. The lowest BCUT2D eigenvalue weighted by Gasteiger charge is -2.04. The van der Waals surface area contributed by atoms with E-state index in [-0.39, 0.29) is 5.91 Å².